The Morgan fingerprint density at radius 3 is 1.68 bits per heavy atom. The van der Waals surface area contributed by atoms with E-state index < -0.39 is 11.6 Å². The van der Waals surface area contributed by atoms with Gasteiger partial charge in [-0.05, 0) is 28.8 Å². The Morgan fingerprint density at radius 1 is 0.710 bits per heavy atom. The fourth-order valence-electron chi connectivity index (χ4n) is 4.24. The molecule has 1 atom stereocenters. The van der Waals surface area contributed by atoms with Crippen LogP contribution in [-0.2, 0) is 5.54 Å². The van der Waals surface area contributed by atoms with Crippen LogP contribution in [0.5, 0.6) is 0 Å². The van der Waals surface area contributed by atoms with Crippen molar-refractivity contribution < 1.29 is 9.52 Å². The van der Waals surface area contributed by atoms with Crippen LogP contribution in [0.4, 0.5) is 0 Å². The summed E-state index contributed by atoms with van der Waals surface area (Å²) in [5.41, 5.74) is 3.18. The van der Waals surface area contributed by atoms with E-state index in [9.17, 15) is 5.11 Å². The Bertz CT molecular complexity index is 1130. The van der Waals surface area contributed by atoms with Gasteiger partial charge in [0.05, 0.1) is 18.3 Å². The molecule has 0 bridgehead atoms. The minimum atomic E-state index is -0.934. The van der Waals surface area contributed by atoms with Gasteiger partial charge in [-0.2, -0.15) is 0 Å². The zero-order valence-corrected chi connectivity index (χ0v) is 16.9. The lowest BCUT2D eigenvalue weighted by molar-refractivity contribution is 0.185. The van der Waals surface area contributed by atoms with Gasteiger partial charge in [0, 0.05) is 6.20 Å². The number of furan rings is 1. The van der Waals surface area contributed by atoms with Crippen LogP contribution in [0.1, 0.15) is 34.2 Å². The maximum absolute atomic E-state index is 10.8. The summed E-state index contributed by atoms with van der Waals surface area (Å²) in [6.45, 7) is 0. The Kier molecular flexibility index (Phi) is 4.98. The van der Waals surface area contributed by atoms with E-state index in [1.807, 2.05) is 60.8 Å². The molecule has 0 radical (unpaired) electrons. The average molecular weight is 406 g/mol. The number of nitrogens with zero attached hydrogens (tertiary/aromatic N) is 2. The zero-order valence-electron chi connectivity index (χ0n) is 16.9. The lowest BCUT2D eigenvalue weighted by Gasteiger charge is -2.37. The third kappa shape index (κ3) is 3.27. The third-order valence-corrected chi connectivity index (χ3v) is 5.66. The van der Waals surface area contributed by atoms with Crippen molar-refractivity contribution in [2.45, 2.75) is 11.6 Å². The molecule has 4 heteroatoms. The van der Waals surface area contributed by atoms with Gasteiger partial charge in [-0.3, -0.25) is 0 Å². The summed E-state index contributed by atoms with van der Waals surface area (Å²) in [5, 5.41) is 10.8. The number of aromatic nitrogens is 2. The SMILES string of the molecule is OC(c1cn(C(c2ccccc2)(c2ccccc2)c2ccccc2)cn1)c1ccco1. The predicted molar refractivity (Wildman–Crippen MR) is 120 cm³/mol. The number of rotatable bonds is 6. The molecule has 0 saturated carbocycles. The van der Waals surface area contributed by atoms with Crippen molar-refractivity contribution in [1.29, 1.82) is 0 Å². The summed E-state index contributed by atoms with van der Waals surface area (Å²) in [5.74, 6) is 0.468. The molecule has 2 aromatic heterocycles. The van der Waals surface area contributed by atoms with E-state index in [0.717, 1.165) is 16.7 Å². The van der Waals surface area contributed by atoms with Crippen molar-refractivity contribution in [1.82, 2.24) is 9.55 Å². The van der Waals surface area contributed by atoms with E-state index in [4.69, 9.17) is 4.42 Å². The number of hydrogen-bond acceptors (Lipinski definition) is 3. The molecule has 0 spiro atoms. The molecule has 0 aliphatic heterocycles. The minimum absolute atomic E-state index is 0.468. The van der Waals surface area contributed by atoms with Crippen molar-refractivity contribution in [2.75, 3.05) is 0 Å². The highest BCUT2D eigenvalue weighted by Crippen LogP contribution is 2.41. The molecule has 0 saturated heterocycles. The van der Waals surface area contributed by atoms with E-state index in [0.29, 0.717) is 11.5 Å². The Morgan fingerprint density at radius 2 is 1.23 bits per heavy atom. The average Bonchev–Trinajstić information content (AvgIpc) is 3.55. The molecule has 5 rings (SSSR count). The molecule has 4 nitrogen and oxygen atoms in total. The van der Waals surface area contributed by atoms with E-state index in [1.54, 1.807) is 24.7 Å². The second-order valence-corrected chi connectivity index (χ2v) is 7.43. The maximum atomic E-state index is 10.8. The molecule has 1 N–H and O–H groups in total. The van der Waals surface area contributed by atoms with Crippen molar-refractivity contribution in [3.63, 3.8) is 0 Å². The van der Waals surface area contributed by atoms with Crippen LogP contribution < -0.4 is 0 Å². The highest BCUT2D eigenvalue weighted by Gasteiger charge is 2.38. The van der Waals surface area contributed by atoms with Crippen molar-refractivity contribution >= 4 is 0 Å². The van der Waals surface area contributed by atoms with Gasteiger partial charge in [0.15, 0.2) is 6.10 Å². The van der Waals surface area contributed by atoms with E-state index in [-0.39, 0.29) is 0 Å². The van der Waals surface area contributed by atoms with Crippen LogP contribution in [0.15, 0.2) is 126 Å². The van der Waals surface area contributed by atoms with Gasteiger partial charge >= 0.3 is 0 Å². The zero-order chi connectivity index (χ0) is 21.1. The van der Waals surface area contributed by atoms with Gasteiger partial charge in [0.1, 0.15) is 11.3 Å². The molecule has 3 aromatic carbocycles. The fourth-order valence-corrected chi connectivity index (χ4v) is 4.24. The molecule has 31 heavy (non-hydrogen) atoms. The summed E-state index contributed by atoms with van der Waals surface area (Å²) in [4.78, 5) is 4.57. The van der Waals surface area contributed by atoms with Crippen LogP contribution in [-0.4, -0.2) is 14.7 Å². The summed E-state index contributed by atoms with van der Waals surface area (Å²) >= 11 is 0. The van der Waals surface area contributed by atoms with Gasteiger partial charge in [-0.1, -0.05) is 91.0 Å². The van der Waals surface area contributed by atoms with Crippen LogP contribution >= 0.6 is 0 Å². The Labute approximate surface area is 181 Å². The van der Waals surface area contributed by atoms with E-state index >= 15 is 0 Å². The highest BCUT2D eigenvalue weighted by molar-refractivity contribution is 5.50. The first-order valence-corrected chi connectivity index (χ1v) is 10.2. The number of hydrogen-bond donors (Lipinski definition) is 1. The van der Waals surface area contributed by atoms with E-state index in [1.165, 1.54) is 0 Å². The second-order valence-electron chi connectivity index (χ2n) is 7.43. The molecule has 152 valence electrons. The molecule has 2 heterocycles. The molecule has 1 unspecified atom stereocenters. The van der Waals surface area contributed by atoms with Crippen LogP contribution in [0.3, 0.4) is 0 Å². The van der Waals surface area contributed by atoms with Crippen molar-refractivity contribution in [3.8, 4) is 0 Å². The molecule has 5 aromatic rings. The Balaban J connectivity index is 1.77. The normalized spacial score (nSPS) is 12.5. The van der Waals surface area contributed by atoms with E-state index in [2.05, 4.69) is 45.9 Å². The van der Waals surface area contributed by atoms with Crippen molar-refractivity contribution in [2.24, 2.45) is 0 Å². The predicted octanol–water partition coefficient (Wildman–Crippen LogP) is 5.40. The smallest absolute Gasteiger partial charge is 0.155 e. The molecule has 0 fully saturated rings. The van der Waals surface area contributed by atoms with Gasteiger partial charge in [0.2, 0.25) is 0 Å². The summed E-state index contributed by atoms with van der Waals surface area (Å²) < 4.78 is 7.48. The van der Waals surface area contributed by atoms with Crippen LogP contribution in [0.25, 0.3) is 0 Å². The minimum Gasteiger partial charge on any atom is -0.466 e. The van der Waals surface area contributed by atoms with Crippen molar-refractivity contribution in [3.05, 3.63) is 150 Å². The second kappa shape index (κ2) is 8.09. The standard InChI is InChI=1S/C27H22N2O2/c30-26(25-17-10-18-31-25)24-19-29(20-28-24)27(21-11-4-1-5-12-21,22-13-6-2-7-14-22)23-15-8-3-9-16-23/h1-20,26,30H. The van der Waals surface area contributed by atoms with Gasteiger partial charge in [0.25, 0.3) is 0 Å². The van der Waals surface area contributed by atoms with Gasteiger partial charge < -0.3 is 14.1 Å². The first-order chi connectivity index (χ1) is 15.3. The lowest BCUT2D eigenvalue weighted by Crippen LogP contribution is -2.37. The molecule has 0 amide bonds. The monoisotopic (exact) mass is 406 g/mol. The summed E-state index contributed by atoms with van der Waals surface area (Å²) in [7, 11) is 0. The van der Waals surface area contributed by atoms with Crippen LogP contribution in [0, 0.1) is 0 Å². The number of aliphatic hydroxyl groups excluding tert-OH is 1. The molecular formula is C27H22N2O2. The first-order valence-electron chi connectivity index (χ1n) is 10.2. The molecular weight excluding hydrogens is 384 g/mol. The number of aliphatic hydroxyl groups is 1. The Hall–Kier alpha value is -3.89. The maximum Gasteiger partial charge on any atom is 0.155 e. The third-order valence-electron chi connectivity index (χ3n) is 5.66. The van der Waals surface area contributed by atoms with Gasteiger partial charge in [-0.15, -0.1) is 0 Å². The quantitative estimate of drug-likeness (QED) is 0.384. The lowest BCUT2D eigenvalue weighted by atomic mass is 9.77. The number of benzene rings is 3. The largest absolute Gasteiger partial charge is 0.466 e. The first kappa shape index (κ1) is 19.1. The highest BCUT2D eigenvalue weighted by atomic mass is 16.4. The molecule has 0 aliphatic carbocycles. The summed E-state index contributed by atoms with van der Waals surface area (Å²) in [6.07, 6.45) is 4.31. The summed E-state index contributed by atoms with van der Waals surface area (Å²) in [6, 6.07) is 34.6. The van der Waals surface area contributed by atoms with Crippen LogP contribution in [0.2, 0.25) is 0 Å². The topological polar surface area (TPSA) is 51.2 Å². The fraction of sp³-hybridized carbons (Fsp3) is 0.0741. The molecule has 0 aliphatic rings. The van der Waals surface area contributed by atoms with Gasteiger partial charge in [-0.25, -0.2) is 4.98 Å². The number of imidazole rings is 1.